The molecule has 0 aliphatic rings. The van der Waals surface area contributed by atoms with Crippen LogP contribution in [0, 0.1) is 11.3 Å². The Morgan fingerprint density at radius 3 is 2.86 bits per heavy atom. The number of aromatic nitrogens is 3. The maximum Gasteiger partial charge on any atom is 0.323 e. The fourth-order valence-electron chi connectivity index (χ4n) is 1.86. The Bertz CT molecular complexity index is 660. The predicted octanol–water partition coefficient (Wildman–Crippen LogP) is 2.09. The van der Waals surface area contributed by atoms with E-state index in [0.29, 0.717) is 18.8 Å². The van der Waals surface area contributed by atoms with Crippen LogP contribution in [-0.2, 0) is 6.54 Å². The monoisotopic (exact) mass is 298 g/mol. The second-order valence-corrected chi connectivity index (χ2v) is 5.01. The van der Waals surface area contributed by atoms with E-state index in [-0.39, 0.29) is 12.1 Å². The Morgan fingerprint density at radius 1 is 1.45 bits per heavy atom. The Morgan fingerprint density at radius 2 is 2.18 bits per heavy atom. The summed E-state index contributed by atoms with van der Waals surface area (Å²) in [5, 5.41) is 15.7. The topological polar surface area (TPSA) is 86.8 Å². The molecule has 0 unspecified atom stereocenters. The van der Waals surface area contributed by atoms with Gasteiger partial charge in [-0.15, -0.1) is 0 Å². The first-order chi connectivity index (χ1) is 10.6. The van der Waals surface area contributed by atoms with E-state index in [1.54, 1.807) is 36.4 Å². The lowest BCUT2D eigenvalue weighted by Crippen LogP contribution is -2.38. The summed E-state index contributed by atoms with van der Waals surface area (Å²) in [5.41, 5.74) is 1.08. The summed E-state index contributed by atoms with van der Waals surface area (Å²) in [6.45, 7) is 2.43. The summed E-state index contributed by atoms with van der Waals surface area (Å²) in [4.78, 5) is 17.5. The van der Waals surface area contributed by atoms with E-state index in [1.807, 2.05) is 19.1 Å². The van der Waals surface area contributed by atoms with Gasteiger partial charge in [-0.1, -0.05) is 0 Å². The Hall–Kier alpha value is -2.88. The molecular formula is C15H18N6O. The first kappa shape index (κ1) is 15.5. The standard InChI is InChI=1S/C15H18N6O/c1-12(3-7-16)20(2)15(22)18-14-6-10-21(19-14)11-13-4-8-17-9-5-13/h4-6,8-10,12H,3,11H2,1-2H3,(H,18,19,22)/t12-/m0/s1. The molecule has 0 aliphatic carbocycles. The van der Waals surface area contributed by atoms with Gasteiger partial charge < -0.3 is 4.90 Å². The van der Waals surface area contributed by atoms with Crippen molar-refractivity contribution in [1.82, 2.24) is 19.7 Å². The number of carbonyl (C=O) groups excluding carboxylic acids is 1. The van der Waals surface area contributed by atoms with Crippen molar-refractivity contribution >= 4 is 11.8 Å². The molecule has 2 rings (SSSR count). The molecule has 1 N–H and O–H groups in total. The average Bonchev–Trinajstić information content (AvgIpc) is 2.94. The Labute approximate surface area is 129 Å². The van der Waals surface area contributed by atoms with Gasteiger partial charge in [0.1, 0.15) is 0 Å². The highest BCUT2D eigenvalue weighted by Crippen LogP contribution is 2.08. The van der Waals surface area contributed by atoms with Crippen LogP contribution >= 0.6 is 0 Å². The summed E-state index contributed by atoms with van der Waals surface area (Å²) in [6.07, 6.45) is 5.55. The van der Waals surface area contributed by atoms with Crippen LogP contribution in [0.3, 0.4) is 0 Å². The largest absolute Gasteiger partial charge is 0.324 e. The van der Waals surface area contributed by atoms with E-state index in [9.17, 15) is 4.79 Å². The minimum absolute atomic E-state index is 0.149. The van der Waals surface area contributed by atoms with Crippen LogP contribution in [-0.4, -0.2) is 38.8 Å². The molecule has 22 heavy (non-hydrogen) atoms. The number of nitrogens with one attached hydrogen (secondary N) is 1. The first-order valence-corrected chi connectivity index (χ1v) is 6.93. The SMILES string of the molecule is C[C@@H](CC#N)N(C)C(=O)Nc1ccn(Cc2ccncc2)n1. The molecule has 2 aromatic rings. The zero-order valence-corrected chi connectivity index (χ0v) is 12.6. The van der Waals surface area contributed by atoms with E-state index >= 15 is 0 Å². The Kier molecular flexibility index (Phi) is 5.09. The number of nitrogens with zero attached hydrogens (tertiary/aromatic N) is 5. The molecule has 0 radical (unpaired) electrons. The summed E-state index contributed by atoms with van der Waals surface area (Å²) in [5.74, 6) is 0.482. The fourth-order valence-corrected chi connectivity index (χ4v) is 1.86. The molecule has 0 bridgehead atoms. The fraction of sp³-hybridized carbons (Fsp3) is 0.333. The van der Waals surface area contributed by atoms with Gasteiger partial charge in [-0.05, 0) is 24.6 Å². The van der Waals surface area contributed by atoms with Crippen molar-refractivity contribution in [3.05, 3.63) is 42.4 Å². The molecule has 2 amide bonds. The molecule has 0 spiro atoms. The van der Waals surface area contributed by atoms with Gasteiger partial charge in [0.2, 0.25) is 0 Å². The molecule has 7 nitrogen and oxygen atoms in total. The molecule has 0 saturated heterocycles. The minimum Gasteiger partial charge on any atom is -0.324 e. The summed E-state index contributed by atoms with van der Waals surface area (Å²) < 4.78 is 1.74. The third kappa shape index (κ3) is 4.06. The molecule has 0 fully saturated rings. The number of hydrogen-bond acceptors (Lipinski definition) is 4. The lowest BCUT2D eigenvalue weighted by atomic mass is 10.2. The smallest absolute Gasteiger partial charge is 0.323 e. The van der Waals surface area contributed by atoms with Crippen LogP contribution in [0.1, 0.15) is 18.9 Å². The second kappa shape index (κ2) is 7.22. The Balaban J connectivity index is 1.94. The summed E-state index contributed by atoms with van der Waals surface area (Å²) >= 11 is 0. The molecule has 1 atom stereocenters. The number of amides is 2. The van der Waals surface area contributed by atoms with Crippen molar-refractivity contribution in [2.45, 2.75) is 25.9 Å². The average molecular weight is 298 g/mol. The van der Waals surface area contributed by atoms with E-state index < -0.39 is 0 Å². The number of anilines is 1. The third-order valence-corrected chi connectivity index (χ3v) is 3.34. The van der Waals surface area contributed by atoms with Crippen molar-refractivity contribution in [2.75, 3.05) is 12.4 Å². The van der Waals surface area contributed by atoms with Gasteiger partial charge in [0, 0.05) is 37.7 Å². The number of carbonyl (C=O) groups is 1. The molecule has 7 heteroatoms. The quantitative estimate of drug-likeness (QED) is 0.915. The zero-order chi connectivity index (χ0) is 15.9. The van der Waals surface area contributed by atoms with Crippen molar-refractivity contribution in [3.8, 4) is 6.07 Å². The number of hydrogen-bond donors (Lipinski definition) is 1. The van der Waals surface area contributed by atoms with E-state index in [0.717, 1.165) is 5.56 Å². The van der Waals surface area contributed by atoms with Gasteiger partial charge in [0.05, 0.1) is 19.0 Å². The van der Waals surface area contributed by atoms with Crippen LogP contribution in [0.2, 0.25) is 0 Å². The van der Waals surface area contributed by atoms with Gasteiger partial charge in [-0.2, -0.15) is 10.4 Å². The predicted molar refractivity (Wildman–Crippen MR) is 82.0 cm³/mol. The number of rotatable bonds is 5. The second-order valence-electron chi connectivity index (χ2n) is 5.01. The van der Waals surface area contributed by atoms with Gasteiger partial charge in [-0.25, -0.2) is 4.79 Å². The molecule has 0 aromatic carbocycles. The zero-order valence-electron chi connectivity index (χ0n) is 12.6. The molecule has 114 valence electrons. The molecule has 0 saturated carbocycles. The summed E-state index contributed by atoms with van der Waals surface area (Å²) in [7, 11) is 1.66. The van der Waals surface area contributed by atoms with Crippen LogP contribution in [0.5, 0.6) is 0 Å². The highest BCUT2D eigenvalue weighted by Gasteiger charge is 2.16. The first-order valence-electron chi connectivity index (χ1n) is 6.93. The van der Waals surface area contributed by atoms with Crippen LogP contribution in [0.15, 0.2) is 36.8 Å². The molecular weight excluding hydrogens is 280 g/mol. The molecule has 2 aromatic heterocycles. The highest BCUT2D eigenvalue weighted by molar-refractivity contribution is 5.88. The van der Waals surface area contributed by atoms with E-state index in [4.69, 9.17) is 5.26 Å². The highest BCUT2D eigenvalue weighted by atomic mass is 16.2. The maximum atomic E-state index is 12.0. The van der Waals surface area contributed by atoms with E-state index in [1.165, 1.54) is 4.90 Å². The van der Waals surface area contributed by atoms with Crippen LogP contribution in [0.4, 0.5) is 10.6 Å². The van der Waals surface area contributed by atoms with Gasteiger partial charge in [0.15, 0.2) is 5.82 Å². The maximum absolute atomic E-state index is 12.0. The van der Waals surface area contributed by atoms with Crippen LogP contribution < -0.4 is 5.32 Å². The van der Waals surface area contributed by atoms with Crippen molar-refractivity contribution in [1.29, 1.82) is 5.26 Å². The minimum atomic E-state index is -0.281. The molecule has 0 aliphatic heterocycles. The van der Waals surface area contributed by atoms with Gasteiger partial charge in [0.25, 0.3) is 0 Å². The number of pyridine rings is 1. The lowest BCUT2D eigenvalue weighted by molar-refractivity contribution is 0.208. The third-order valence-electron chi connectivity index (χ3n) is 3.34. The van der Waals surface area contributed by atoms with Crippen molar-refractivity contribution in [3.63, 3.8) is 0 Å². The normalized spacial score (nSPS) is 11.5. The molecule has 2 heterocycles. The van der Waals surface area contributed by atoms with Crippen molar-refractivity contribution in [2.24, 2.45) is 0 Å². The van der Waals surface area contributed by atoms with Gasteiger partial charge >= 0.3 is 6.03 Å². The summed E-state index contributed by atoms with van der Waals surface area (Å²) in [6, 6.07) is 7.19. The lowest BCUT2D eigenvalue weighted by Gasteiger charge is -2.22. The van der Waals surface area contributed by atoms with Crippen molar-refractivity contribution < 1.29 is 4.79 Å². The number of urea groups is 1. The number of nitriles is 1. The van der Waals surface area contributed by atoms with E-state index in [2.05, 4.69) is 21.5 Å². The van der Waals surface area contributed by atoms with Crippen LogP contribution in [0.25, 0.3) is 0 Å². The van der Waals surface area contributed by atoms with Gasteiger partial charge in [-0.3, -0.25) is 15.0 Å².